The minimum Gasteiger partial charge on any atom is -0.459 e. The Labute approximate surface area is 152 Å². The highest BCUT2D eigenvalue weighted by molar-refractivity contribution is 5.88. The maximum Gasteiger partial charge on any atom is 0.339 e. The Morgan fingerprint density at radius 2 is 2.15 bits per heavy atom. The molecule has 4 N–H and O–H groups in total. The molecule has 3 aromatic rings. The van der Waals surface area contributed by atoms with Crippen molar-refractivity contribution >= 4 is 23.0 Å². The number of rotatable bonds is 4. The second kappa shape index (κ2) is 6.87. The van der Waals surface area contributed by atoms with Crippen molar-refractivity contribution in [3.8, 4) is 0 Å². The topological polar surface area (TPSA) is 158 Å². The fourth-order valence-electron chi connectivity index (χ4n) is 2.88. The average Bonchev–Trinajstić information content (AvgIpc) is 3.23. The highest BCUT2D eigenvalue weighted by atomic mass is 16.6. The molecule has 0 aliphatic carbocycles. The van der Waals surface area contributed by atoms with Crippen LogP contribution in [-0.4, -0.2) is 65.6 Å². The van der Waals surface area contributed by atoms with Crippen molar-refractivity contribution < 1.29 is 24.5 Å². The Morgan fingerprint density at radius 3 is 2.93 bits per heavy atom. The minimum absolute atomic E-state index is 0.189. The molecule has 4 rings (SSSR count). The molecule has 1 aliphatic heterocycles. The van der Waals surface area contributed by atoms with Crippen LogP contribution in [0, 0.1) is 0 Å². The van der Waals surface area contributed by atoms with Gasteiger partial charge in [0, 0.05) is 12.4 Å². The van der Waals surface area contributed by atoms with Gasteiger partial charge in [0.2, 0.25) is 0 Å². The van der Waals surface area contributed by atoms with Gasteiger partial charge in [0.25, 0.3) is 0 Å². The maximum absolute atomic E-state index is 12.0. The third kappa shape index (κ3) is 3.07. The number of carbonyl (C=O) groups is 1. The van der Waals surface area contributed by atoms with Gasteiger partial charge in [0.05, 0.1) is 11.9 Å². The molecule has 11 nitrogen and oxygen atoms in total. The lowest BCUT2D eigenvalue weighted by molar-refractivity contribution is -0.0565. The molecule has 11 heteroatoms. The number of pyridine rings is 1. The van der Waals surface area contributed by atoms with E-state index in [1.807, 2.05) is 0 Å². The molecule has 0 amide bonds. The zero-order chi connectivity index (χ0) is 19.0. The lowest BCUT2D eigenvalue weighted by Crippen LogP contribution is -2.34. The number of nitrogens with two attached hydrogens (primary N) is 1. The van der Waals surface area contributed by atoms with Gasteiger partial charge in [-0.1, -0.05) is 0 Å². The van der Waals surface area contributed by atoms with Crippen molar-refractivity contribution in [3.05, 3.63) is 42.7 Å². The number of esters is 1. The van der Waals surface area contributed by atoms with Crippen molar-refractivity contribution in [1.82, 2.24) is 24.5 Å². The van der Waals surface area contributed by atoms with Gasteiger partial charge in [-0.2, -0.15) is 0 Å². The highest BCUT2D eigenvalue weighted by Crippen LogP contribution is 2.32. The molecular formula is C16H16N6O5. The summed E-state index contributed by atoms with van der Waals surface area (Å²) in [7, 11) is 0. The number of nitrogens with zero attached hydrogens (tertiary/aromatic N) is 5. The van der Waals surface area contributed by atoms with Crippen LogP contribution in [0.1, 0.15) is 16.6 Å². The van der Waals surface area contributed by atoms with Gasteiger partial charge in [0.15, 0.2) is 17.7 Å². The van der Waals surface area contributed by atoms with Gasteiger partial charge in [0.1, 0.15) is 36.8 Å². The Morgan fingerprint density at radius 1 is 1.30 bits per heavy atom. The van der Waals surface area contributed by atoms with Crippen LogP contribution in [0.25, 0.3) is 11.2 Å². The van der Waals surface area contributed by atoms with Crippen LogP contribution in [0.15, 0.2) is 37.2 Å². The van der Waals surface area contributed by atoms with E-state index in [1.165, 1.54) is 29.6 Å². The lowest BCUT2D eigenvalue weighted by atomic mass is 10.1. The quantitative estimate of drug-likeness (QED) is 0.499. The molecule has 0 saturated carbocycles. The Hall–Kier alpha value is -3.15. The molecule has 0 bridgehead atoms. The normalized spacial score (nSPS) is 25.0. The van der Waals surface area contributed by atoms with Crippen LogP contribution in [0.2, 0.25) is 0 Å². The summed E-state index contributed by atoms with van der Waals surface area (Å²) in [6.07, 6.45) is 1.11. The van der Waals surface area contributed by atoms with E-state index in [4.69, 9.17) is 15.2 Å². The van der Waals surface area contributed by atoms with E-state index in [-0.39, 0.29) is 18.0 Å². The van der Waals surface area contributed by atoms with Crippen molar-refractivity contribution in [1.29, 1.82) is 0 Å². The van der Waals surface area contributed by atoms with E-state index < -0.39 is 30.5 Å². The maximum atomic E-state index is 12.0. The number of aliphatic hydroxyl groups excluding tert-OH is 2. The molecular weight excluding hydrogens is 356 g/mol. The van der Waals surface area contributed by atoms with E-state index in [1.54, 1.807) is 12.1 Å². The molecule has 0 unspecified atom stereocenters. The smallest absolute Gasteiger partial charge is 0.339 e. The van der Waals surface area contributed by atoms with Crippen LogP contribution in [0.3, 0.4) is 0 Å². The van der Waals surface area contributed by atoms with Gasteiger partial charge >= 0.3 is 5.97 Å². The number of ether oxygens (including phenoxy) is 2. The molecule has 140 valence electrons. The minimum atomic E-state index is -1.28. The monoisotopic (exact) mass is 372 g/mol. The van der Waals surface area contributed by atoms with E-state index in [2.05, 4.69) is 19.9 Å². The first-order valence-corrected chi connectivity index (χ1v) is 8.08. The number of hydrogen-bond donors (Lipinski definition) is 3. The summed E-state index contributed by atoms with van der Waals surface area (Å²) < 4.78 is 12.3. The van der Waals surface area contributed by atoms with Gasteiger partial charge in [-0.15, -0.1) is 0 Å². The van der Waals surface area contributed by atoms with E-state index >= 15 is 0 Å². The Bertz CT molecular complexity index is 964. The number of fused-ring (bicyclic) bond motifs is 1. The number of carbonyl (C=O) groups excluding carboxylic acids is 1. The molecule has 1 saturated heterocycles. The first-order valence-electron chi connectivity index (χ1n) is 8.08. The van der Waals surface area contributed by atoms with Crippen LogP contribution in [0.4, 0.5) is 5.82 Å². The molecule has 0 aromatic carbocycles. The summed E-state index contributed by atoms with van der Waals surface area (Å²) in [6.45, 7) is -0.244. The number of imidazole rings is 1. The molecule has 4 heterocycles. The van der Waals surface area contributed by atoms with E-state index in [0.29, 0.717) is 11.2 Å². The fraction of sp³-hybridized carbons (Fsp3) is 0.312. The number of anilines is 1. The molecule has 1 aliphatic rings. The zero-order valence-electron chi connectivity index (χ0n) is 13.9. The Balaban J connectivity index is 1.49. The van der Waals surface area contributed by atoms with Crippen LogP contribution in [0.5, 0.6) is 0 Å². The van der Waals surface area contributed by atoms with Crippen LogP contribution in [-0.2, 0) is 9.47 Å². The number of hydrogen-bond acceptors (Lipinski definition) is 10. The molecule has 4 atom stereocenters. The lowest BCUT2D eigenvalue weighted by Gasteiger charge is -2.16. The first-order chi connectivity index (χ1) is 13.1. The largest absolute Gasteiger partial charge is 0.459 e. The fourth-order valence-corrected chi connectivity index (χ4v) is 2.88. The molecule has 27 heavy (non-hydrogen) atoms. The van der Waals surface area contributed by atoms with Crippen molar-refractivity contribution in [2.75, 3.05) is 12.3 Å². The van der Waals surface area contributed by atoms with Crippen molar-refractivity contribution in [2.45, 2.75) is 24.5 Å². The molecule has 0 radical (unpaired) electrons. The second-order valence-corrected chi connectivity index (χ2v) is 5.97. The first kappa shape index (κ1) is 17.3. The van der Waals surface area contributed by atoms with Crippen molar-refractivity contribution in [2.24, 2.45) is 0 Å². The highest BCUT2D eigenvalue weighted by Gasteiger charge is 2.45. The summed E-state index contributed by atoms with van der Waals surface area (Å²) in [6, 6.07) is 3.16. The van der Waals surface area contributed by atoms with Crippen molar-refractivity contribution in [3.63, 3.8) is 0 Å². The molecule has 3 aromatic heterocycles. The van der Waals surface area contributed by atoms with Gasteiger partial charge in [-0.25, -0.2) is 19.7 Å². The number of aliphatic hydroxyl groups is 2. The zero-order valence-corrected chi connectivity index (χ0v) is 13.9. The summed E-state index contributed by atoms with van der Waals surface area (Å²) in [5, 5.41) is 20.6. The standard InChI is InChI=1S/C16H16N6O5/c17-13-10-14(20-6-19-13)22(7-21-10)15-12(24)11(23)9(27-15)5-26-16(25)8-2-1-3-18-4-8/h1-4,6-7,9,11-12,15,23-24H,5H2,(H2,17,19,20)/t9-,11-,12-,15-/m1/s1. The molecule has 0 spiro atoms. The summed E-state index contributed by atoms with van der Waals surface area (Å²) in [5.41, 5.74) is 6.73. The second-order valence-electron chi connectivity index (χ2n) is 5.97. The third-order valence-electron chi connectivity index (χ3n) is 4.27. The van der Waals surface area contributed by atoms with E-state index in [0.717, 1.165) is 0 Å². The van der Waals surface area contributed by atoms with Crippen LogP contribution < -0.4 is 5.73 Å². The van der Waals surface area contributed by atoms with Crippen LogP contribution >= 0.6 is 0 Å². The third-order valence-corrected chi connectivity index (χ3v) is 4.27. The Kier molecular flexibility index (Phi) is 4.39. The van der Waals surface area contributed by atoms with E-state index in [9.17, 15) is 15.0 Å². The summed E-state index contributed by atoms with van der Waals surface area (Å²) >= 11 is 0. The summed E-state index contributed by atoms with van der Waals surface area (Å²) in [4.78, 5) is 27.9. The molecule has 1 fully saturated rings. The van der Waals surface area contributed by atoms with Gasteiger partial charge in [-0.05, 0) is 12.1 Å². The average molecular weight is 372 g/mol. The summed E-state index contributed by atoms with van der Waals surface area (Å²) in [5.74, 6) is -0.417. The van der Waals surface area contributed by atoms with Gasteiger partial charge in [-0.3, -0.25) is 9.55 Å². The number of nitrogen functional groups attached to an aromatic ring is 1. The number of aromatic nitrogens is 5. The predicted molar refractivity (Wildman–Crippen MR) is 90.2 cm³/mol. The van der Waals surface area contributed by atoms with Gasteiger partial charge < -0.3 is 25.4 Å². The SMILES string of the molecule is Nc1ncnc2c1ncn2[C@@H]1O[C@H](COC(=O)c2cccnc2)[C@@H](O)[C@H]1O. The predicted octanol–water partition coefficient (Wildman–Crippen LogP) is -0.720.